The largest absolute Gasteiger partial charge is 0.393 e. The minimum absolute atomic E-state index is 0.277. The number of aliphatic hydroxyl groups is 1. The molecule has 3 rings (SSSR count). The van der Waals surface area contributed by atoms with E-state index in [0.29, 0.717) is 0 Å². The molecule has 2 unspecified atom stereocenters. The molecule has 0 spiro atoms. The van der Waals surface area contributed by atoms with Crippen LogP contribution in [0, 0.1) is 0 Å². The number of nitrogens with zero attached hydrogens (tertiary/aromatic N) is 2. The number of fused-ring (bicyclic) bond motifs is 3. The van der Waals surface area contributed by atoms with Crippen molar-refractivity contribution in [1.29, 1.82) is 0 Å². The molecule has 1 aliphatic heterocycles. The Balaban J connectivity index is 2.13. The number of hydrogen-bond donors (Lipinski definition) is 1. The maximum absolute atomic E-state index is 9.57. The van der Waals surface area contributed by atoms with E-state index in [1.807, 2.05) is 31.6 Å². The van der Waals surface area contributed by atoms with Crippen molar-refractivity contribution in [3.63, 3.8) is 0 Å². The van der Waals surface area contributed by atoms with Gasteiger partial charge in [0.15, 0.2) is 0 Å². The Morgan fingerprint density at radius 3 is 3.06 bits per heavy atom. The minimum atomic E-state index is -0.292. The minimum Gasteiger partial charge on any atom is -0.393 e. The molecule has 16 heavy (non-hydrogen) atoms. The van der Waals surface area contributed by atoms with Crippen LogP contribution in [0.25, 0.3) is 5.69 Å². The van der Waals surface area contributed by atoms with Gasteiger partial charge in [-0.15, -0.1) is 0 Å². The van der Waals surface area contributed by atoms with Crippen LogP contribution in [0.1, 0.15) is 30.5 Å². The maximum atomic E-state index is 9.57. The van der Waals surface area contributed by atoms with E-state index in [4.69, 9.17) is 0 Å². The zero-order valence-electron chi connectivity index (χ0n) is 9.17. The molecule has 0 radical (unpaired) electrons. The highest BCUT2D eigenvalue weighted by Crippen LogP contribution is 2.39. The van der Waals surface area contributed by atoms with E-state index in [-0.39, 0.29) is 12.0 Å². The molecular formula is C13H14N2O. The average molecular weight is 214 g/mol. The molecule has 82 valence electrons. The van der Waals surface area contributed by atoms with Gasteiger partial charge in [0.1, 0.15) is 0 Å². The van der Waals surface area contributed by atoms with Gasteiger partial charge >= 0.3 is 0 Å². The molecule has 2 aromatic rings. The molecular weight excluding hydrogens is 200 g/mol. The second-order valence-electron chi connectivity index (χ2n) is 4.38. The van der Waals surface area contributed by atoms with Gasteiger partial charge in [-0.3, -0.25) is 0 Å². The van der Waals surface area contributed by atoms with E-state index >= 15 is 0 Å². The van der Waals surface area contributed by atoms with Gasteiger partial charge in [-0.2, -0.15) is 0 Å². The normalized spacial score (nSPS) is 19.2. The number of aliphatic hydroxyl groups excluding tert-OH is 1. The molecule has 0 amide bonds. The van der Waals surface area contributed by atoms with Crippen LogP contribution >= 0.6 is 0 Å². The number of benzene rings is 1. The van der Waals surface area contributed by atoms with Crippen molar-refractivity contribution >= 4 is 0 Å². The van der Waals surface area contributed by atoms with Crippen LogP contribution in [0.3, 0.4) is 0 Å². The lowest BCUT2D eigenvalue weighted by atomic mass is 9.93. The van der Waals surface area contributed by atoms with Gasteiger partial charge in [0, 0.05) is 12.1 Å². The fraction of sp³-hybridized carbons (Fsp3) is 0.308. The highest BCUT2D eigenvalue weighted by Gasteiger charge is 2.29. The van der Waals surface area contributed by atoms with Crippen LogP contribution in [0.5, 0.6) is 0 Å². The van der Waals surface area contributed by atoms with Crippen LogP contribution in [0.15, 0.2) is 36.8 Å². The van der Waals surface area contributed by atoms with Gasteiger partial charge in [-0.1, -0.05) is 18.2 Å². The molecule has 3 heteroatoms. The summed E-state index contributed by atoms with van der Waals surface area (Å²) in [6.45, 7) is 1.83. The fourth-order valence-electron chi connectivity index (χ4n) is 2.51. The monoisotopic (exact) mass is 214 g/mol. The summed E-state index contributed by atoms with van der Waals surface area (Å²) in [7, 11) is 0. The van der Waals surface area contributed by atoms with Crippen molar-refractivity contribution < 1.29 is 5.11 Å². The quantitative estimate of drug-likeness (QED) is 0.831. The van der Waals surface area contributed by atoms with Gasteiger partial charge in [0.05, 0.1) is 23.8 Å². The topological polar surface area (TPSA) is 38.0 Å². The number of para-hydroxylation sites is 1. The Labute approximate surface area is 94.4 Å². The summed E-state index contributed by atoms with van der Waals surface area (Å²) in [4.78, 5) is 4.18. The Kier molecular flexibility index (Phi) is 2.07. The third-order valence-corrected chi connectivity index (χ3v) is 3.17. The predicted molar refractivity (Wildman–Crippen MR) is 61.7 cm³/mol. The summed E-state index contributed by atoms with van der Waals surface area (Å²) < 4.78 is 2.11. The van der Waals surface area contributed by atoms with Crippen molar-refractivity contribution in [2.24, 2.45) is 0 Å². The lowest BCUT2D eigenvalue weighted by Crippen LogP contribution is -2.07. The summed E-state index contributed by atoms with van der Waals surface area (Å²) in [5, 5.41) is 9.57. The molecule has 1 N–H and O–H groups in total. The van der Waals surface area contributed by atoms with E-state index in [1.54, 1.807) is 0 Å². The highest BCUT2D eigenvalue weighted by atomic mass is 16.3. The second kappa shape index (κ2) is 3.46. The molecule has 2 atom stereocenters. The predicted octanol–water partition coefficient (Wildman–Crippen LogP) is 2.09. The van der Waals surface area contributed by atoms with Crippen LogP contribution in [0.4, 0.5) is 0 Å². The standard InChI is InChI=1S/C13H14N2O/c1-9(16)6-11-10-4-2-3-5-12(10)15-8-14-7-13(11)15/h2-5,7-9,11,16H,6H2,1H3. The van der Waals surface area contributed by atoms with E-state index in [2.05, 4.69) is 21.7 Å². The Bertz CT molecular complexity index is 516. The molecule has 1 aliphatic rings. The number of rotatable bonds is 2. The van der Waals surface area contributed by atoms with Gasteiger partial charge in [-0.05, 0) is 25.0 Å². The van der Waals surface area contributed by atoms with E-state index in [0.717, 1.165) is 6.42 Å². The summed E-state index contributed by atoms with van der Waals surface area (Å²) in [5.41, 5.74) is 3.67. The third-order valence-electron chi connectivity index (χ3n) is 3.17. The molecule has 1 aromatic carbocycles. The molecule has 0 saturated heterocycles. The van der Waals surface area contributed by atoms with E-state index in [1.165, 1.54) is 16.9 Å². The van der Waals surface area contributed by atoms with E-state index in [9.17, 15) is 5.11 Å². The van der Waals surface area contributed by atoms with Gasteiger partial charge in [0.25, 0.3) is 0 Å². The number of aromatic nitrogens is 2. The van der Waals surface area contributed by atoms with Crippen LogP contribution in [-0.4, -0.2) is 20.8 Å². The molecule has 1 aromatic heterocycles. The fourth-order valence-corrected chi connectivity index (χ4v) is 2.51. The maximum Gasteiger partial charge on any atom is 0.0994 e. The van der Waals surface area contributed by atoms with Crippen molar-refractivity contribution in [1.82, 2.24) is 9.55 Å². The summed E-state index contributed by atoms with van der Waals surface area (Å²) in [5.74, 6) is 0.277. The van der Waals surface area contributed by atoms with Gasteiger partial charge < -0.3 is 9.67 Å². The smallest absolute Gasteiger partial charge is 0.0994 e. The molecule has 2 heterocycles. The Morgan fingerprint density at radius 1 is 1.44 bits per heavy atom. The molecule has 0 saturated carbocycles. The van der Waals surface area contributed by atoms with E-state index < -0.39 is 0 Å². The lowest BCUT2D eigenvalue weighted by molar-refractivity contribution is 0.179. The third kappa shape index (κ3) is 1.28. The van der Waals surface area contributed by atoms with Crippen molar-refractivity contribution in [2.75, 3.05) is 0 Å². The first-order chi connectivity index (χ1) is 7.77. The van der Waals surface area contributed by atoms with Crippen molar-refractivity contribution in [3.8, 4) is 5.69 Å². The summed E-state index contributed by atoms with van der Waals surface area (Å²) in [6, 6.07) is 8.32. The average Bonchev–Trinajstić information content (AvgIpc) is 2.82. The molecule has 0 aliphatic carbocycles. The van der Waals surface area contributed by atoms with Crippen LogP contribution in [-0.2, 0) is 0 Å². The molecule has 0 fully saturated rings. The first-order valence-corrected chi connectivity index (χ1v) is 5.57. The SMILES string of the molecule is CC(O)CC1c2ccccc2-n2cncc21. The lowest BCUT2D eigenvalue weighted by Gasteiger charge is -2.12. The first-order valence-electron chi connectivity index (χ1n) is 5.57. The van der Waals surface area contributed by atoms with Gasteiger partial charge in [-0.25, -0.2) is 4.98 Å². The molecule has 3 nitrogen and oxygen atoms in total. The highest BCUT2D eigenvalue weighted by molar-refractivity contribution is 5.53. The van der Waals surface area contributed by atoms with Crippen LogP contribution < -0.4 is 0 Å². The summed E-state index contributed by atoms with van der Waals surface area (Å²) >= 11 is 0. The zero-order valence-corrected chi connectivity index (χ0v) is 9.17. The number of imidazole rings is 1. The second-order valence-corrected chi connectivity index (χ2v) is 4.38. The van der Waals surface area contributed by atoms with Crippen molar-refractivity contribution in [3.05, 3.63) is 48.0 Å². The Hall–Kier alpha value is -1.61. The molecule has 0 bridgehead atoms. The van der Waals surface area contributed by atoms with Crippen LogP contribution in [0.2, 0.25) is 0 Å². The Morgan fingerprint density at radius 2 is 2.25 bits per heavy atom. The van der Waals surface area contributed by atoms with Crippen molar-refractivity contribution in [2.45, 2.75) is 25.4 Å². The summed E-state index contributed by atoms with van der Waals surface area (Å²) in [6.07, 6.45) is 4.20. The zero-order chi connectivity index (χ0) is 11.1. The van der Waals surface area contributed by atoms with Gasteiger partial charge in [0.2, 0.25) is 0 Å². The number of hydrogen-bond acceptors (Lipinski definition) is 2. The first kappa shape index (κ1) is 9.60.